The lowest BCUT2D eigenvalue weighted by Crippen LogP contribution is -1.78. The van der Waals surface area contributed by atoms with Crippen LogP contribution in [0.5, 0.6) is 0 Å². The molecule has 0 saturated carbocycles. The zero-order valence-electron chi connectivity index (χ0n) is 10.5. The van der Waals surface area contributed by atoms with Crippen molar-refractivity contribution in [2.24, 2.45) is 0 Å². The van der Waals surface area contributed by atoms with Crippen LogP contribution in [0.25, 0.3) is 0 Å². The predicted octanol–water partition coefficient (Wildman–Crippen LogP) is 4.62. The van der Waals surface area contributed by atoms with Crippen molar-refractivity contribution in [2.45, 2.75) is 46.5 Å². The van der Waals surface area contributed by atoms with E-state index in [-0.39, 0.29) is 0 Å². The van der Waals surface area contributed by atoms with E-state index in [1.165, 1.54) is 17.6 Å². The van der Waals surface area contributed by atoms with E-state index in [4.69, 9.17) is 4.74 Å². The largest absolute Gasteiger partial charge is 0.505 e. The summed E-state index contributed by atoms with van der Waals surface area (Å²) in [6.45, 7) is 6.58. The van der Waals surface area contributed by atoms with Crippen molar-refractivity contribution in [3.8, 4) is 0 Å². The SMILES string of the molecule is CC/C(C)=C/CC/C(C)=C/C/C=C/OC. The molecule has 0 radical (unpaired) electrons. The van der Waals surface area contributed by atoms with Gasteiger partial charge in [0, 0.05) is 0 Å². The normalized spacial score (nSPS) is 13.6. The molecule has 0 bridgehead atoms. The molecule has 0 fully saturated rings. The molecule has 0 saturated heterocycles. The van der Waals surface area contributed by atoms with Crippen LogP contribution in [-0.4, -0.2) is 7.11 Å². The first-order valence-electron chi connectivity index (χ1n) is 5.69. The Bertz CT molecular complexity index is 234. The minimum Gasteiger partial charge on any atom is -0.505 e. The highest BCUT2D eigenvalue weighted by atomic mass is 16.5. The van der Waals surface area contributed by atoms with E-state index < -0.39 is 0 Å². The van der Waals surface area contributed by atoms with Crippen LogP contribution in [-0.2, 0) is 4.74 Å². The van der Waals surface area contributed by atoms with E-state index in [2.05, 4.69) is 32.9 Å². The number of hydrogen-bond donors (Lipinski definition) is 0. The van der Waals surface area contributed by atoms with Gasteiger partial charge in [0.05, 0.1) is 13.4 Å². The maximum atomic E-state index is 4.83. The van der Waals surface area contributed by atoms with E-state index >= 15 is 0 Å². The summed E-state index contributed by atoms with van der Waals surface area (Å²) in [5.41, 5.74) is 2.94. The number of methoxy groups -OCH3 is 1. The van der Waals surface area contributed by atoms with Gasteiger partial charge in [0.15, 0.2) is 0 Å². The maximum Gasteiger partial charge on any atom is 0.0787 e. The van der Waals surface area contributed by atoms with Crippen molar-refractivity contribution < 1.29 is 4.74 Å². The van der Waals surface area contributed by atoms with Gasteiger partial charge >= 0.3 is 0 Å². The summed E-state index contributed by atoms with van der Waals surface area (Å²) in [7, 11) is 1.67. The van der Waals surface area contributed by atoms with Gasteiger partial charge < -0.3 is 4.74 Å². The van der Waals surface area contributed by atoms with Crippen molar-refractivity contribution in [3.05, 3.63) is 35.6 Å². The Morgan fingerprint density at radius 1 is 1.13 bits per heavy atom. The van der Waals surface area contributed by atoms with E-state index in [0.29, 0.717) is 0 Å². The minimum atomic E-state index is 0.968. The monoisotopic (exact) mass is 208 g/mol. The molecule has 0 amide bonds. The van der Waals surface area contributed by atoms with Crippen LogP contribution in [0.4, 0.5) is 0 Å². The molecular formula is C14H24O. The molecule has 1 nitrogen and oxygen atoms in total. The van der Waals surface area contributed by atoms with E-state index in [1.807, 2.05) is 6.08 Å². The molecule has 0 heterocycles. The lowest BCUT2D eigenvalue weighted by Gasteiger charge is -1.98. The van der Waals surface area contributed by atoms with E-state index in [1.54, 1.807) is 13.4 Å². The fourth-order valence-corrected chi connectivity index (χ4v) is 1.21. The molecule has 0 spiro atoms. The number of rotatable bonds is 7. The van der Waals surface area contributed by atoms with Gasteiger partial charge in [-0.3, -0.25) is 0 Å². The summed E-state index contributed by atoms with van der Waals surface area (Å²) >= 11 is 0. The Morgan fingerprint density at radius 3 is 2.47 bits per heavy atom. The van der Waals surface area contributed by atoms with Crippen molar-refractivity contribution >= 4 is 0 Å². The molecule has 1 heteroatoms. The first-order valence-corrected chi connectivity index (χ1v) is 5.69. The Kier molecular flexibility index (Phi) is 8.95. The van der Waals surface area contributed by atoms with Gasteiger partial charge in [0.1, 0.15) is 0 Å². The second-order valence-electron chi connectivity index (χ2n) is 3.84. The molecule has 0 aromatic rings. The smallest absolute Gasteiger partial charge is 0.0787 e. The third kappa shape index (κ3) is 9.33. The Morgan fingerprint density at radius 2 is 1.87 bits per heavy atom. The summed E-state index contributed by atoms with van der Waals surface area (Å²) in [6.07, 6.45) is 12.8. The first-order chi connectivity index (χ1) is 7.20. The first kappa shape index (κ1) is 14.0. The highest BCUT2D eigenvalue weighted by Gasteiger charge is 1.88. The fourth-order valence-electron chi connectivity index (χ4n) is 1.21. The van der Waals surface area contributed by atoms with Gasteiger partial charge in [0.2, 0.25) is 0 Å². The second kappa shape index (κ2) is 9.57. The summed E-state index contributed by atoms with van der Waals surface area (Å²) in [4.78, 5) is 0. The maximum absolute atomic E-state index is 4.83. The van der Waals surface area contributed by atoms with Gasteiger partial charge in [-0.15, -0.1) is 0 Å². The quantitative estimate of drug-likeness (QED) is 0.438. The Labute approximate surface area is 94.5 Å². The third-order valence-electron chi connectivity index (χ3n) is 2.42. The van der Waals surface area contributed by atoms with Gasteiger partial charge in [0.25, 0.3) is 0 Å². The van der Waals surface area contributed by atoms with Gasteiger partial charge in [-0.1, -0.05) is 30.2 Å². The van der Waals surface area contributed by atoms with Crippen molar-refractivity contribution in [1.29, 1.82) is 0 Å². The van der Waals surface area contributed by atoms with Crippen molar-refractivity contribution in [2.75, 3.05) is 7.11 Å². The van der Waals surface area contributed by atoms with Gasteiger partial charge in [-0.2, -0.15) is 0 Å². The molecule has 0 aliphatic rings. The van der Waals surface area contributed by atoms with Crippen LogP contribution >= 0.6 is 0 Å². The molecule has 0 unspecified atom stereocenters. The predicted molar refractivity (Wildman–Crippen MR) is 67.8 cm³/mol. The van der Waals surface area contributed by atoms with Crippen LogP contribution in [0.2, 0.25) is 0 Å². The lowest BCUT2D eigenvalue weighted by molar-refractivity contribution is 0.337. The highest BCUT2D eigenvalue weighted by molar-refractivity contribution is 5.04. The molecular weight excluding hydrogens is 184 g/mol. The zero-order valence-corrected chi connectivity index (χ0v) is 10.5. The van der Waals surface area contributed by atoms with Gasteiger partial charge in [-0.25, -0.2) is 0 Å². The highest BCUT2D eigenvalue weighted by Crippen LogP contribution is 2.09. The molecule has 0 rings (SSSR count). The van der Waals surface area contributed by atoms with Gasteiger partial charge in [-0.05, 0) is 45.6 Å². The lowest BCUT2D eigenvalue weighted by atomic mass is 10.1. The van der Waals surface area contributed by atoms with Crippen LogP contribution < -0.4 is 0 Å². The van der Waals surface area contributed by atoms with Crippen LogP contribution in [0.1, 0.15) is 46.5 Å². The summed E-state index contributed by atoms with van der Waals surface area (Å²) in [6, 6.07) is 0. The number of hydrogen-bond acceptors (Lipinski definition) is 1. The number of allylic oxidation sites excluding steroid dienone is 5. The van der Waals surface area contributed by atoms with E-state index in [9.17, 15) is 0 Å². The van der Waals surface area contributed by atoms with Crippen LogP contribution in [0, 0.1) is 0 Å². The van der Waals surface area contributed by atoms with Crippen LogP contribution in [0.15, 0.2) is 35.6 Å². The Balaban J connectivity index is 3.73. The summed E-state index contributed by atoms with van der Waals surface area (Å²) < 4.78 is 4.83. The topological polar surface area (TPSA) is 9.23 Å². The molecule has 0 aliphatic heterocycles. The second-order valence-corrected chi connectivity index (χ2v) is 3.84. The van der Waals surface area contributed by atoms with Crippen LogP contribution in [0.3, 0.4) is 0 Å². The van der Waals surface area contributed by atoms with Crippen molar-refractivity contribution in [1.82, 2.24) is 0 Å². The average Bonchev–Trinajstić information content (AvgIpc) is 2.24. The molecule has 0 aromatic carbocycles. The standard InChI is InChI=1S/C14H24O/c1-5-13(2)10-8-11-14(3)9-6-7-12-15-4/h7,9-10,12H,5-6,8,11H2,1-4H3/b12-7+,13-10+,14-9+. The van der Waals surface area contributed by atoms with E-state index in [0.717, 1.165) is 19.3 Å². The molecule has 86 valence electrons. The molecule has 0 aromatic heterocycles. The van der Waals surface area contributed by atoms with Crippen molar-refractivity contribution in [3.63, 3.8) is 0 Å². The molecule has 15 heavy (non-hydrogen) atoms. The third-order valence-corrected chi connectivity index (χ3v) is 2.42. The summed E-state index contributed by atoms with van der Waals surface area (Å²) in [5, 5.41) is 0. The fraction of sp³-hybridized carbons (Fsp3) is 0.571. The molecule has 0 aliphatic carbocycles. The molecule has 0 N–H and O–H groups in total. The Hall–Kier alpha value is -0.980. The number of ether oxygens (including phenoxy) is 1. The average molecular weight is 208 g/mol. The summed E-state index contributed by atoms with van der Waals surface area (Å²) in [5.74, 6) is 0. The molecule has 0 atom stereocenters. The minimum absolute atomic E-state index is 0.968. The zero-order chi connectivity index (χ0) is 11.5.